The molecule has 9 rings (SSSR count). The number of allylic oxidation sites excluding steroid dienone is 11. The molecule has 0 amide bonds. The van der Waals surface area contributed by atoms with Crippen LogP contribution in [0.4, 0.5) is 0 Å². The Morgan fingerprint density at radius 1 is 0.360 bits per heavy atom. The topological polar surface area (TPSA) is 66.1 Å². The van der Waals surface area contributed by atoms with Crippen LogP contribution in [0.15, 0.2) is 190 Å². The van der Waals surface area contributed by atoms with Gasteiger partial charge in [-0.05, 0) is 92.5 Å². The minimum atomic E-state index is 0. The second-order valence-electron chi connectivity index (χ2n) is 22.6. The molecule has 0 spiro atoms. The van der Waals surface area contributed by atoms with Crippen molar-refractivity contribution in [2.75, 3.05) is 6.54 Å². The van der Waals surface area contributed by atoms with Gasteiger partial charge in [-0.3, -0.25) is 0 Å². The van der Waals surface area contributed by atoms with Crippen LogP contribution in [-0.4, -0.2) is 28.6 Å². The maximum atomic E-state index is 5.77. The van der Waals surface area contributed by atoms with Gasteiger partial charge in [-0.25, -0.2) is 15.0 Å². The van der Waals surface area contributed by atoms with E-state index < -0.39 is 0 Å². The maximum absolute atomic E-state index is 5.77. The number of hydrogen-bond donors (Lipinski definition) is 0. The van der Waals surface area contributed by atoms with Crippen LogP contribution >= 0.6 is 0 Å². The summed E-state index contributed by atoms with van der Waals surface area (Å²) in [5, 5.41) is 0. The predicted molar refractivity (Wildman–Crippen MR) is 334 cm³/mol. The Morgan fingerprint density at radius 3 is 1.12 bits per heavy atom. The van der Waals surface area contributed by atoms with E-state index in [1.807, 2.05) is 0 Å². The Hall–Kier alpha value is -4.83. The van der Waals surface area contributed by atoms with Gasteiger partial charge in [0.15, 0.2) is 18.6 Å². The summed E-state index contributed by atoms with van der Waals surface area (Å²) in [7, 11) is 0. The van der Waals surface area contributed by atoms with Gasteiger partial charge in [-0.1, -0.05) is 155 Å². The van der Waals surface area contributed by atoms with Crippen molar-refractivity contribution in [2.45, 2.75) is 201 Å². The summed E-state index contributed by atoms with van der Waals surface area (Å²) in [5.74, 6) is 0. The van der Waals surface area contributed by atoms with Gasteiger partial charge in [0.2, 0.25) is 17.1 Å². The molecule has 5 aliphatic heterocycles. The minimum Gasteiger partial charge on any atom is -1.00 e. The van der Waals surface area contributed by atoms with E-state index in [0.717, 1.165) is 143 Å². The van der Waals surface area contributed by atoms with Gasteiger partial charge in [0.05, 0.1) is 56.6 Å². The first-order chi connectivity index (χ1) is 39.6. The van der Waals surface area contributed by atoms with Crippen LogP contribution in [0.25, 0.3) is 16.7 Å². The van der Waals surface area contributed by atoms with E-state index in [0.29, 0.717) is 0 Å². The average molecular weight is 1300 g/mol. The van der Waals surface area contributed by atoms with Crippen LogP contribution in [0.2, 0.25) is 0 Å². The summed E-state index contributed by atoms with van der Waals surface area (Å²) in [5.41, 5.74) is 15.8. The first kappa shape index (κ1) is 75.4. The zero-order valence-electron chi connectivity index (χ0n) is 51.5. The quantitative estimate of drug-likeness (QED) is 0.0438. The summed E-state index contributed by atoms with van der Waals surface area (Å²) in [6, 6.07) is 24.3. The van der Waals surface area contributed by atoms with Crippen LogP contribution in [0.1, 0.15) is 210 Å². The molecule has 462 valence electrons. The molecule has 0 fully saturated rings. The number of aliphatic imine (C=N–C) groups is 3. The molecule has 86 heavy (non-hydrogen) atoms. The van der Waals surface area contributed by atoms with E-state index in [-0.39, 0.29) is 79.1 Å². The van der Waals surface area contributed by atoms with Crippen LogP contribution in [0.5, 0.6) is 0 Å². The predicted octanol–water partition coefficient (Wildman–Crippen LogP) is 1.58. The van der Waals surface area contributed by atoms with E-state index in [1.165, 1.54) is 128 Å². The Morgan fingerprint density at radius 2 is 0.709 bits per heavy atom. The fourth-order valence-electron chi connectivity index (χ4n) is 12.0. The molecule has 0 saturated heterocycles. The van der Waals surface area contributed by atoms with E-state index in [1.54, 1.807) is 0 Å². The maximum Gasteiger partial charge on any atom is 3.00 e. The molecule has 0 unspecified atom stereocenters. The number of unbranched alkanes of at least 4 members (excludes halogenated alkanes) is 20. The summed E-state index contributed by atoms with van der Waals surface area (Å²) >= 11 is 0. The molecular formula is C72H92Cl5MnN8. The molecule has 8 nitrogen and oxygen atoms in total. The van der Waals surface area contributed by atoms with E-state index in [9.17, 15) is 0 Å². The van der Waals surface area contributed by atoms with Gasteiger partial charge in [0.25, 0.3) is 0 Å². The Bertz CT molecular complexity index is 3150. The number of hydrogen-bond acceptors (Lipinski definition) is 4. The number of fused-ring (bicyclic) bond motifs is 5. The molecule has 14 heteroatoms. The van der Waals surface area contributed by atoms with Gasteiger partial charge >= 0.3 is 17.1 Å². The molecule has 4 aromatic heterocycles. The third-order valence-corrected chi connectivity index (χ3v) is 16.4. The Balaban J connectivity index is 0.00000323. The van der Waals surface area contributed by atoms with Crippen molar-refractivity contribution in [3.05, 3.63) is 203 Å². The Labute approximate surface area is 558 Å². The zero-order valence-corrected chi connectivity index (χ0v) is 56.5. The fourth-order valence-corrected chi connectivity index (χ4v) is 12.0. The monoisotopic (exact) mass is 1300 g/mol. The van der Waals surface area contributed by atoms with Crippen molar-refractivity contribution < 1.29 is 92.8 Å². The van der Waals surface area contributed by atoms with Crippen LogP contribution in [-0.2, 0) is 36.7 Å². The third-order valence-electron chi connectivity index (χ3n) is 16.4. The van der Waals surface area contributed by atoms with Crippen LogP contribution in [0.3, 0.4) is 0 Å². The fraction of sp³-hybridized carbons (Fsp3) is 0.444. The van der Waals surface area contributed by atoms with Gasteiger partial charge in [-0.2, -0.15) is 13.7 Å². The number of pyridine rings is 3. The van der Waals surface area contributed by atoms with Gasteiger partial charge in [0, 0.05) is 74.0 Å². The van der Waals surface area contributed by atoms with Gasteiger partial charge in [-0.15, -0.1) is 11.4 Å². The van der Waals surface area contributed by atoms with Crippen molar-refractivity contribution in [1.29, 1.82) is 0 Å². The largest absolute Gasteiger partial charge is 3.00 e. The van der Waals surface area contributed by atoms with Crippen LogP contribution in [0, 0.1) is 0 Å². The average Bonchev–Trinajstić information content (AvgIpc) is 2.66. The van der Waals surface area contributed by atoms with Crippen molar-refractivity contribution in [2.24, 2.45) is 15.0 Å². The molecule has 8 bridgehead atoms. The van der Waals surface area contributed by atoms with E-state index >= 15 is 0 Å². The van der Waals surface area contributed by atoms with Crippen molar-refractivity contribution >= 4 is 33.9 Å². The van der Waals surface area contributed by atoms with E-state index in [2.05, 4.69) is 193 Å². The molecule has 0 aromatic carbocycles. The molecule has 0 aliphatic carbocycles. The number of halogens is 5. The normalized spacial score (nSPS) is 15.4. The smallest absolute Gasteiger partial charge is 1.00 e. The number of nitrogens with zero attached hydrogens (tertiary/aromatic N) is 8. The molecule has 5 aliphatic rings. The van der Waals surface area contributed by atoms with Crippen LogP contribution < -0.4 is 80.7 Å². The van der Waals surface area contributed by atoms with Crippen molar-refractivity contribution in [3.63, 3.8) is 0 Å². The number of aryl methyl sites for hydroxylation is 3. The van der Waals surface area contributed by atoms with E-state index in [4.69, 9.17) is 20.0 Å². The first-order valence-electron chi connectivity index (χ1n) is 31.6. The minimum absolute atomic E-state index is 0. The summed E-state index contributed by atoms with van der Waals surface area (Å²) in [4.78, 5) is 25.5. The standard InChI is InChI=1S/C72H92N8.5ClH.Mn/c1-5-9-13-17-21-29-49-77-53-33-25-37-65(77)69-57-41-43-59(73-57)70(66-38-26-34-54-78(66)50-30-22-18-14-10-6-2)61-45-47-63(75-61)72(68-40-28-36-56-80(68)52-32-24-20-16-12-8-4)64-48-46-62(76-64)71(60-44-42-58(69)74-60)67-39-27-35-55-79(67)51-31-23-19-15-11-7-3;;;;;;/h25-28,33-48,53-56H,5-24,29-32,49-52H2,1-4H3;5*1H;/q+2;;;;;;+3/p-5. The zero-order chi connectivity index (χ0) is 55.1. The van der Waals surface area contributed by atoms with Gasteiger partial charge < -0.3 is 71.9 Å². The summed E-state index contributed by atoms with van der Waals surface area (Å²) < 4.78 is 7.33. The van der Waals surface area contributed by atoms with Crippen molar-refractivity contribution in [3.8, 4) is 0 Å². The first-order valence-corrected chi connectivity index (χ1v) is 31.6. The summed E-state index contributed by atoms with van der Waals surface area (Å²) in [6.07, 6.45) is 58.8. The second kappa shape index (κ2) is 40.7. The molecular weight excluding hydrogens is 1210 g/mol. The molecule has 0 N–H and O–H groups in total. The van der Waals surface area contributed by atoms with Gasteiger partial charge in [0.1, 0.15) is 19.6 Å². The molecule has 0 atom stereocenters. The molecule has 9 heterocycles. The van der Waals surface area contributed by atoms with Crippen molar-refractivity contribution in [1.82, 2.24) is 9.88 Å². The SMILES string of the molecule is CCCCCCCCN1C=CC=C/C1=C1\C2=NC(=C(c3cccc[n+]3CCCCCCCC)C3=NC(=C(c4cccc[n+]4CCCCCCCC)c4ccc([n-]4)C(c4cccc[n+]4CCCCCCCC)=C4C=CC1=N4)C=C3)C=C2.[Cl-].[Cl-].[Cl-].[Cl-].[Cl-].[Mn+3]. The molecule has 4 aromatic rings. The third kappa shape index (κ3) is 20.1. The number of aromatic nitrogens is 4. The molecule has 0 saturated carbocycles. The summed E-state index contributed by atoms with van der Waals surface area (Å²) in [6.45, 7) is 12.9. The Kier molecular flexibility index (Phi) is 35.7. The number of rotatable bonds is 31. The second-order valence-corrected chi connectivity index (χ2v) is 22.6. The molecule has 0 radical (unpaired) electrons.